The third-order valence-corrected chi connectivity index (χ3v) is 6.49. The number of benzene rings is 1. The van der Waals surface area contributed by atoms with Gasteiger partial charge in [0.1, 0.15) is 0 Å². The smallest absolute Gasteiger partial charge is 0.0981 e. The molecule has 0 radical (unpaired) electrons. The number of aliphatic hydroxyl groups is 1. The lowest BCUT2D eigenvalue weighted by Crippen LogP contribution is -2.43. The maximum atomic E-state index is 9.40. The zero-order chi connectivity index (χ0) is 17.2. The maximum Gasteiger partial charge on any atom is 0.0981 e. The summed E-state index contributed by atoms with van der Waals surface area (Å²) < 4.78 is 5.59. The van der Waals surface area contributed by atoms with Crippen LogP contribution in [0.3, 0.4) is 0 Å². The predicted octanol–water partition coefficient (Wildman–Crippen LogP) is 3.22. The third kappa shape index (κ3) is 3.71. The van der Waals surface area contributed by atoms with Crippen molar-refractivity contribution in [2.24, 2.45) is 0 Å². The van der Waals surface area contributed by atoms with Crippen molar-refractivity contribution in [3.05, 3.63) is 51.4 Å². The van der Waals surface area contributed by atoms with E-state index in [4.69, 9.17) is 16.3 Å². The molecular weight excluding hydrogens is 356 g/mol. The largest absolute Gasteiger partial charge is 0.394 e. The van der Waals surface area contributed by atoms with Crippen LogP contribution in [0, 0.1) is 0 Å². The molecule has 2 unspecified atom stereocenters. The van der Waals surface area contributed by atoms with Crippen LogP contribution in [0.15, 0.2) is 30.3 Å². The Morgan fingerprint density at radius 1 is 1.32 bits per heavy atom. The number of aliphatic hydroxyl groups excluding tert-OH is 1. The van der Waals surface area contributed by atoms with Crippen LogP contribution in [-0.4, -0.2) is 44.1 Å². The Bertz CT molecular complexity index is 719. The lowest BCUT2D eigenvalue weighted by atomic mass is 9.89. The van der Waals surface area contributed by atoms with E-state index in [-0.39, 0.29) is 12.7 Å². The molecule has 25 heavy (non-hydrogen) atoms. The molecule has 134 valence electrons. The minimum atomic E-state index is -0.0826. The highest BCUT2D eigenvalue weighted by atomic mass is 35.5. The van der Waals surface area contributed by atoms with Gasteiger partial charge in [0.15, 0.2) is 0 Å². The molecule has 1 saturated heterocycles. The van der Waals surface area contributed by atoms with E-state index >= 15 is 0 Å². The van der Waals surface area contributed by atoms with Crippen LogP contribution in [0.5, 0.6) is 0 Å². The van der Waals surface area contributed by atoms with E-state index in [1.807, 2.05) is 23.5 Å². The fraction of sp³-hybridized carbons (Fsp3) is 0.474. The Kier molecular flexibility index (Phi) is 5.29. The summed E-state index contributed by atoms with van der Waals surface area (Å²) in [6.45, 7) is 4.35. The Morgan fingerprint density at radius 2 is 2.16 bits per heavy atom. The summed E-state index contributed by atoms with van der Waals surface area (Å²) in [6.07, 6.45) is 1.01. The number of nitrogens with one attached hydrogen (secondary N) is 1. The van der Waals surface area contributed by atoms with E-state index < -0.39 is 0 Å². The summed E-state index contributed by atoms with van der Waals surface area (Å²) in [7, 11) is 0. The Hall–Kier alpha value is -1.11. The average molecular weight is 379 g/mol. The predicted molar refractivity (Wildman–Crippen MR) is 103 cm³/mol. The van der Waals surface area contributed by atoms with Gasteiger partial charge in [-0.25, -0.2) is 0 Å². The molecule has 2 aliphatic rings. The molecule has 0 amide bonds. The van der Waals surface area contributed by atoms with Crippen molar-refractivity contribution in [2.75, 3.05) is 37.7 Å². The number of hydrogen-bond donors (Lipinski definition) is 2. The number of ether oxygens (including phenoxy) is 1. The van der Waals surface area contributed by atoms with Crippen LogP contribution in [0.2, 0.25) is 5.02 Å². The minimum Gasteiger partial charge on any atom is -0.394 e. The molecule has 1 fully saturated rings. The lowest BCUT2D eigenvalue weighted by Gasteiger charge is -2.32. The first-order valence-electron chi connectivity index (χ1n) is 8.81. The number of fused-ring (bicyclic) bond motifs is 1. The second-order valence-electron chi connectivity index (χ2n) is 6.65. The number of nitrogens with zero attached hydrogens (tertiary/aromatic N) is 1. The topological polar surface area (TPSA) is 44.7 Å². The summed E-state index contributed by atoms with van der Waals surface area (Å²) in [5.74, 6) is 0.405. The van der Waals surface area contributed by atoms with Crippen LogP contribution >= 0.6 is 22.9 Å². The summed E-state index contributed by atoms with van der Waals surface area (Å²) in [5, 5.41) is 15.0. The first kappa shape index (κ1) is 17.3. The minimum absolute atomic E-state index is 0.0799. The fourth-order valence-corrected chi connectivity index (χ4v) is 5.04. The van der Waals surface area contributed by atoms with Crippen molar-refractivity contribution in [2.45, 2.75) is 25.0 Å². The van der Waals surface area contributed by atoms with Gasteiger partial charge in [0.25, 0.3) is 0 Å². The summed E-state index contributed by atoms with van der Waals surface area (Å²) in [4.78, 5) is 3.77. The molecule has 1 aromatic carbocycles. The molecule has 2 atom stereocenters. The van der Waals surface area contributed by atoms with Crippen molar-refractivity contribution in [1.82, 2.24) is 5.32 Å². The summed E-state index contributed by atoms with van der Waals surface area (Å²) in [5.41, 5.74) is 2.76. The van der Waals surface area contributed by atoms with Gasteiger partial charge in [0.05, 0.1) is 24.3 Å². The molecule has 3 heterocycles. The lowest BCUT2D eigenvalue weighted by molar-refractivity contribution is 0.00374. The average Bonchev–Trinajstić information content (AvgIpc) is 2.97. The van der Waals surface area contributed by atoms with Crippen molar-refractivity contribution >= 4 is 27.9 Å². The van der Waals surface area contributed by atoms with Crippen LogP contribution in [0.1, 0.15) is 28.3 Å². The number of hydrogen-bond acceptors (Lipinski definition) is 5. The molecule has 4 rings (SSSR count). The quantitative estimate of drug-likeness (QED) is 0.860. The monoisotopic (exact) mass is 378 g/mol. The number of thiophene rings is 1. The number of anilines is 1. The summed E-state index contributed by atoms with van der Waals surface area (Å²) >= 11 is 7.94. The van der Waals surface area contributed by atoms with E-state index in [0.717, 1.165) is 37.6 Å². The van der Waals surface area contributed by atoms with Gasteiger partial charge in [0.2, 0.25) is 0 Å². The molecular formula is C19H23ClN2O2S. The zero-order valence-electron chi connectivity index (χ0n) is 14.1. The third-order valence-electron chi connectivity index (χ3n) is 5.03. The van der Waals surface area contributed by atoms with Crippen LogP contribution < -0.4 is 10.2 Å². The highest BCUT2D eigenvalue weighted by Gasteiger charge is 2.26. The van der Waals surface area contributed by atoms with Crippen molar-refractivity contribution in [3.63, 3.8) is 0 Å². The van der Waals surface area contributed by atoms with Crippen molar-refractivity contribution in [3.8, 4) is 0 Å². The van der Waals surface area contributed by atoms with E-state index in [2.05, 4.69) is 28.4 Å². The Morgan fingerprint density at radius 3 is 2.96 bits per heavy atom. The van der Waals surface area contributed by atoms with Gasteiger partial charge >= 0.3 is 0 Å². The molecule has 1 aromatic heterocycles. The molecule has 2 aliphatic heterocycles. The maximum absolute atomic E-state index is 9.40. The van der Waals surface area contributed by atoms with Crippen molar-refractivity contribution in [1.29, 1.82) is 0 Å². The normalized spacial score (nSPS) is 24.0. The van der Waals surface area contributed by atoms with Crippen LogP contribution in [0.4, 0.5) is 5.00 Å². The van der Waals surface area contributed by atoms with E-state index in [1.54, 1.807) is 0 Å². The first-order chi connectivity index (χ1) is 12.2. The highest BCUT2D eigenvalue weighted by Crippen LogP contribution is 2.40. The van der Waals surface area contributed by atoms with Crippen LogP contribution in [0.25, 0.3) is 0 Å². The second kappa shape index (κ2) is 7.64. The Labute approximate surface area is 157 Å². The van der Waals surface area contributed by atoms with E-state index in [0.29, 0.717) is 12.5 Å². The SMILES string of the molecule is OCC1CN(c2cc3c(s2)CNCCC3c2ccc(Cl)cc2)CCO1. The van der Waals surface area contributed by atoms with Gasteiger partial charge in [-0.05, 0) is 42.3 Å². The van der Waals surface area contributed by atoms with Gasteiger partial charge in [-0.15, -0.1) is 11.3 Å². The van der Waals surface area contributed by atoms with E-state index in [1.165, 1.54) is 21.0 Å². The molecule has 0 spiro atoms. The Balaban J connectivity index is 1.64. The molecule has 6 heteroatoms. The fourth-order valence-electron chi connectivity index (χ4n) is 3.69. The number of rotatable bonds is 3. The van der Waals surface area contributed by atoms with E-state index in [9.17, 15) is 5.11 Å². The van der Waals surface area contributed by atoms with Gasteiger partial charge in [-0.2, -0.15) is 0 Å². The number of halogens is 1. The van der Waals surface area contributed by atoms with Gasteiger partial charge in [-0.3, -0.25) is 0 Å². The van der Waals surface area contributed by atoms with Crippen LogP contribution in [-0.2, 0) is 11.3 Å². The molecule has 0 saturated carbocycles. The second-order valence-corrected chi connectivity index (χ2v) is 8.21. The standard InChI is InChI=1S/C19H23ClN2O2S/c20-14-3-1-13(2-4-14)16-5-6-21-10-18-17(16)9-19(25-18)22-7-8-24-15(11-22)12-23/h1-4,9,15-16,21,23H,5-8,10-12H2. The molecule has 4 nitrogen and oxygen atoms in total. The summed E-state index contributed by atoms with van der Waals surface area (Å²) in [6, 6.07) is 10.6. The first-order valence-corrected chi connectivity index (χ1v) is 10.00. The van der Waals surface area contributed by atoms with Crippen molar-refractivity contribution < 1.29 is 9.84 Å². The van der Waals surface area contributed by atoms with Gasteiger partial charge in [0, 0.05) is 35.5 Å². The molecule has 2 N–H and O–H groups in total. The van der Waals surface area contributed by atoms with Gasteiger partial charge < -0.3 is 20.1 Å². The molecule has 0 aliphatic carbocycles. The molecule has 2 aromatic rings. The molecule has 0 bridgehead atoms. The zero-order valence-corrected chi connectivity index (χ0v) is 15.7. The van der Waals surface area contributed by atoms with Gasteiger partial charge in [-0.1, -0.05) is 23.7 Å². The highest BCUT2D eigenvalue weighted by molar-refractivity contribution is 7.16. The number of morpholine rings is 1.